The van der Waals surface area contributed by atoms with E-state index in [1.807, 2.05) is 14.1 Å². The van der Waals surface area contributed by atoms with Crippen LogP contribution in [0.5, 0.6) is 0 Å². The van der Waals surface area contributed by atoms with E-state index in [2.05, 4.69) is 15.4 Å². The Bertz CT molecular complexity index is 1150. The summed E-state index contributed by atoms with van der Waals surface area (Å²) in [6.07, 6.45) is 5.11. The van der Waals surface area contributed by atoms with Crippen LogP contribution >= 0.6 is 23.1 Å². The van der Waals surface area contributed by atoms with Gasteiger partial charge in [0.1, 0.15) is 10.6 Å². The Morgan fingerprint density at radius 2 is 2.16 bits per heavy atom. The largest absolute Gasteiger partial charge is 0.360 e. The number of thiophene rings is 1. The van der Waals surface area contributed by atoms with Crippen molar-refractivity contribution in [1.29, 1.82) is 0 Å². The molecule has 10 heteroatoms. The lowest BCUT2D eigenvalue weighted by Gasteiger charge is -2.15. The minimum atomic E-state index is -0.210. The van der Waals surface area contributed by atoms with Crippen LogP contribution in [0.2, 0.25) is 0 Å². The van der Waals surface area contributed by atoms with E-state index >= 15 is 0 Å². The van der Waals surface area contributed by atoms with Crippen LogP contribution < -0.4 is 10.9 Å². The molecule has 0 fully saturated rings. The standard InChI is InChI=1S/C21H27N5O3S2/c1-13-11-16(24-29-13)22-17(27)12-30-21-23-19-18(14-7-4-5-8-15(14)31-19)20(28)26(21)10-6-9-25(2)3/h11H,4-10,12H2,1-3H3,(H,22,24,27). The summed E-state index contributed by atoms with van der Waals surface area (Å²) in [5.41, 5.74) is 1.22. The first-order valence-corrected chi connectivity index (χ1v) is 12.3. The molecule has 0 bridgehead atoms. The SMILES string of the molecule is Cc1cc(NC(=O)CSc2nc3sc4c(c3c(=O)n2CCCN(C)C)CCCC4)no1. The lowest BCUT2D eigenvalue weighted by molar-refractivity contribution is -0.113. The van der Waals surface area contributed by atoms with Gasteiger partial charge in [0, 0.05) is 17.5 Å². The average molecular weight is 462 g/mol. The van der Waals surface area contributed by atoms with E-state index in [1.165, 1.54) is 28.6 Å². The number of rotatable bonds is 8. The zero-order valence-electron chi connectivity index (χ0n) is 18.1. The van der Waals surface area contributed by atoms with Crippen LogP contribution in [0.1, 0.15) is 35.5 Å². The number of hydrogen-bond donors (Lipinski definition) is 1. The maximum absolute atomic E-state index is 13.5. The number of aromatic nitrogens is 3. The molecule has 1 amide bonds. The van der Waals surface area contributed by atoms with E-state index in [4.69, 9.17) is 9.51 Å². The highest BCUT2D eigenvalue weighted by Crippen LogP contribution is 2.34. The summed E-state index contributed by atoms with van der Waals surface area (Å²) in [5.74, 6) is 0.952. The molecule has 3 aromatic heterocycles. The van der Waals surface area contributed by atoms with E-state index in [-0.39, 0.29) is 17.2 Å². The van der Waals surface area contributed by atoms with Gasteiger partial charge in [0.05, 0.1) is 11.1 Å². The summed E-state index contributed by atoms with van der Waals surface area (Å²) in [6.45, 7) is 3.23. The highest BCUT2D eigenvalue weighted by Gasteiger charge is 2.22. The van der Waals surface area contributed by atoms with Crippen molar-refractivity contribution in [3.8, 4) is 0 Å². The summed E-state index contributed by atoms with van der Waals surface area (Å²) in [5, 5.41) is 7.89. The fraction of sp³-hybridized carbons (Fsp3) is 0.524. The van der Waals surface area contributed by atoms with E-state index in [1.54, 1.807) is 28.9 Å². The highest BCUT2D eigenvalue weighted by molar-refractivity contribution is 7.99. The molecule has 4 rings (SSSR count). The fourth-order valence-electron chi connectivity index (χ4n) is 3.81. The monoisotopic (exact) mass is 461 g/mol. The smallest absolute Gasteiger partial charge is 0.263 e. The molecule has 1 aliphatic carbocycles. The van der Waals surface area contributed by atoms with Crippen LogP contribution in [0.25, 0.3) is 10.2 Å². The number of anilines is 1. The van der Waals surface area contributed by atoms with E-state index < -0.39 is 0 Å². The molecule has 0 radical (unpaired) electrons. The number of carbonyl (C=O) groups excluding carboxylic acids is 1. The predicted octanol–water partition coefficient (Wildman–Crippen LogP) is 3.32. The Hall–Kier alpha value is -2.17. The molecule has 3 aromatic rings. The zero-order chi connectivity index (χ0) is 22.0. The quantitative estimate of drug-likeness (QED) is 0.406. The second kappa shape index (κ2) is 9.54. The Labute approximate surface area is 189 Å². The number of aryl methyl sites for hydroxylation is 3. The van der Waals surface area contributed by atoms with Gasteiger partial charge in [-0.15, -0.1) is 11.3 Å². The van der Waals surface area contributed by atoms with Gasteiger partial charge in [0.2, 0.25) is 5.91 Å². The van der Waals surface area contributed by atoms with Gasteiger partial charge in [-0.3, -0.25) is 14.2 Å². The molecular formula is C21H27N5O3S2. The van der Waals surface area contributed by atoms with Crippen LogP contribution in [0, 0.1) is 6.92 Å². The van der Waals surface area contributed by atoms with Crippen molar-refractivity contribution in [1.82, 2.24) is 19.6 Å². The molecule has 0 aliphatic heterocycles. The number of amides is 1. The van der Waals surface area contributed by atoms with Crippen molar-refractivity contribution in [2.24, 2.45) is 0 Å². The van der Waals surface area contributed by atoms with E-state index in [0.717, 1.165) is 42.4 Å². The molecule has 0 saturated carbocycles. The normalized spacial score (nSPS) is 13.7. The van der Waals surface area contributed by atoms with Gasteiger partial charge in [-0.1, -0.05) is 16.9 Å². The predicted molar refractivity (Wildman–Crippen MR) is 124 cm³/mol. The molecule has 0 spiro atoms. The first-order valence-electron chi connectivity index (χ1n) is 10.5. The van der Waals surface area contributed by atoms with Crippen molar-refractivity contribution >= 4 is 45.0 Å². The van der Waals surface area contributed by atoms with Crippen molar-refractivity contribution in [2.45, 2.75) is 50.7 Å². The molecule has 1 aliphatic rings. The maximum atomic E-state index is 13.5. The lowest BCUT2D eigenvalue weighted by atomic mass is 9.97. The molecular weight excluding hydrogens is 434 g/mol. The lowest BCUT2D eigenvalue weighted by Crippen LogP contribution is -2.26. The third-order valence-electron chi connectivity index (χ3n) is 5.25. The summed E-state index contributed by atoms with van der Waals surface area (Å²) in [7, 11) is 4.04. The first kappa shape index (κ1) is 22.0. The summed E-state index contributed by atoms with van der Waals surface area (Å²) in [6, 6.07) is 1.67. The number of thioether (sulfide) groups is 1. The average Bonchev–Trinajstić information content (AvgIpc) is 3.30. The number of carbonyl (C=O) groups is 1. The van der Waals surface area contributed by atoms with Gasteiger partial charge in [-0.05, 0) is 65.2 Å². The van der Waals surface area contributed by atoms with Crippen LogP contribution in [0.3, 0.4) is 0 Å². The van der Waals surface area contributed by atoms with Gasteiger partial charge in [0.25, 0.3) is 5.56 Å². The molecule has 0 aromatic carbocycles. The Morgan fingerprint density at radius 3 is 2.90 bits per heavy atom. The number of fused-ring (bicyclic) bond motifs is 3. The van der Waals surface area contributed by atoms with Crippen molar-refractivity contribution < 1.29 is 9.32 Å². The third kappa shape index (κ3) is 5.02. The maximum Gasteiger partial charge on any atom is 0.263 e. The van der Waals surface area contributed by atoms with Crippen LogP contribution in [0.4, 0.5) is 5.82 Å². The molecule has 3 heterocycles. The number of nitrogens with zero attached hydrogens (tertiary/aromatic N) is 4. The van der Waals surface area contributed by atoms with Crippen molar-refractivity contribution in [3.05, 3.63) is 32.6 Å². The Kier molecular flexibility index (Phi) is 6.78. The molecule has 166 valence electrons. The van der Waals surface area contributed by atoms with Crippen LogP contribution in [-0.4, -0.2) is 51.9 Å². The molecule has 0 atom stereocenters. The third-order valence-corrected chi connectivity index (χ3v) is 7.42. The molecule has 0 saturated heterocycles. The first-order chi connectivity index (χ1) is 14.9. The minimum Gasteiger partial charge on any atom is -0.360 e. The number of hydrogen-bond acceptors (Lipinski definition) is 8. The second-order valence-electron chi connectivity index (χ2n) is 8.06. The van der Waals surface area contributed by atoms with Gasteiger partial charge in [-0.2, -0.15) is 0 Å². The van der Waals surface area contributed by atoms with E-state index in [0.29, 0.717) is 23.3 Å². The summed E-state index contributed by atoms with van der Waals surface area (Å²) in [4.78, 5) is 34.9. The molecule has 8 nitrogen and oxygen atoms in total. The van der Waals surface area contributed by atoms with Gasteiger partial charge >= 0.3 is 0 Å². The van der Waals surface area contributed by atoms with Crippen LogP contribution in [0.15, 0.2) is 20.5 Å². The molecule has 31 heavy (non-hydrogen) atoms. The second-order valence-corrected chi connectivity index (χ2v) is 10.1. The zero-order valence-corrected chi connectivity index (χ0v) is 19.7. The highest BCUT2D eigenvalue weighted by atomic mass is 32.2. The molecule has 1 N–H and O–H groups in total. The van der Waals surface area contributed by atoms with Gasteiger partial charge < -0.3 is 14.7 Å². The van der Waals surface area contributed by atoms with Gasteiger partial charge in [0.15, 0.2) is 11.0 Å². The Morgan fingerprint density at radius 1 is 1.35 bits per heavy atom. The summed E-state index contributed by atoms with van der Waals surface area (Å²) >= 11 is 2.93. The molecule has 0 unspecified atom stereocenters. The van der Waals surface area contributed by atoms with Gasteiger partial charge in [-0.25, -0.2) is 4.98 Å². The number of nitrogens with one attached hydrogen (secondary N) is 1. The van der Waals surface area contributed by atoms with Crippen LogP contribution in [-0.2, 0) is 24.2 Å². The minimum absolute atomic E-state index is 0.0261. The fourth-order valence-corrected chi connectivity index (χ4v) is 5.93. The topological polar surface area (TPSA) is 93.3 Å². The van der Waals surface area contributed by atoms with Crippen molar-refractivity contribution in [3.63, 3.8) is 0 Å². The van der Waals surface area contributed by atoms with Crippen molar-refractivity contribution in [2.75, 3.05) is 31.7 Å². The summed E-state index contributed by atoms with van der Waals surface area (Å²) < 4.78 is 6.74. The van der Waals surface area contributed by atoms with E-state index in [9.17, 15) is 9.59 Å². The Balaban J connectivity index is 1.60.